The Bertz CT molecular complexity index is 914. The number of hydrogen-bond donors (Lipinski definition) is 2. The van der Waals surface area contributed by atoms with E-state index in [2.05, 4.69) is 5.32 Å². The van der Waals surface area contributed by atoms with Crippen LogP contribution in [0.4, 0.5) is 18.9 Å². The van der Waals surface area contributed by atoms with Crippen LogP contribution in [0.2, 0.25) is 5.02 Å². The van der Waals surface area contributed by atoms with Crippen molar-refractivity contribution in [2.45, 2.75) is 33.4 Å². The van der Waals surface area contributed by atoms with Crippen molar-refractivity contribution >= 4 is 38.9 Å². The maximum Gasteiger partial charge on any atom is 0.418 e. The van der Waals surface area contributed by atoms with Crippen molar-refractivity contribution in [3.8, 4) is 0 Å². The van der Waals surface area contributed by atoms with E-state index in [9.17, 15) is 26.7 Å². The summed E-state index contributed by atoms with van der Waals surface area (Å²) in [5, 5.41) is 11.8. The van der Waals surface area contributed by atoms with Gasteiger partial charge in [-0.3, -0.25) is 0 Å². The summed E-state index contributed by atoms with van der Waals surface area (Å²) in [6, 6.07) is 9.96. The molecular formula is C17H17ClF3NO3S2. The Morgan fingerprint density at radius 2 is 1.67 bits per heavy atom. The first kappa shape index (κ1) is 21.9. The van der Waals surface area contributed by atoms with Crippen LogP contribution < -0.4 is 5.32 Å². The van der Waals surface area contributed by atoms with Gasteiger partial charge < -0.3 is 10.4 Å². The average molecular weight is 440 g/mol. The third-order valence-corrected chi connectivity index (χ3v) is 6.68. The third-order valence-electron chi connectivity index (χ3n) is 3.85. The highest BCUT2D eigenvalue weighted by Gasteiger charge is 2.49. The molecule has 1 atom stereocenters. The molecule has 10 heteroatoms. The number of benzene rings is 2. The van der Waals surface area contributed by atoms with Gasteiger partial charge in [0.15, 0.2) is 5.60 Å². The van der Waals surface area contributed by atoms with Crippen LogP contribution in [0.3, 0.4) is 0 Å². The molecule has 0 fully saturated rings. The minimum atomic E-state index is -4.82. The van der Waals surface area contributed by atoms with E-state index in [4.69, 9.17) is 11.6 Å². The van der Waals surface area contributed by atoms with Crippen LogP contribution in [0.1, 0.15) is 6.92 Å². The number of rotatable bonds is 6. The number of anilines is 1. The van der Waals surface area contributed by atoms with Gasteiger partial charge in [-0.15, -0.1) is 11.8 Å². The van der Waals surface area contributed by atoms with Crippen molar-refractivity contribution in [1.82, 2.24) is 0 Å². The van der Waals surface area contributed by atoms with Crippen LogP contribution in [-0.4, -0.2) is 38.1 Å². The second-order valence-corrected chi connectivity index (χ2v) is 9.18. The van der Waals surface area contributed by atoms with E-state index in [1.807, 2.05) is 6.26 Å². The van der Waals surface area contributed by atoms with Crippen LogP contribution in [0, 0.1) is 0 Å². The number of nitrogens with one attached hydrogen (secondary N) is 1. The lowest BCUT2D eigenvalue weighted by Crippen LogP contribution is -2.47. The lowest BCUT2D eigenvalue weighted by atomic mass is 10.1. The quantitative estimate of drug-likeness (QED) is 0.643. The molecule has 2 N–H and O–H groups in total. The molecule has 0 aliphatic rings. The number of halogens is 4. The van der Waals surface area contributed by atoms with Gasteiger partial charge in [-0.2, -0.15) is 13.2 Å². The van der Waals surface area contributed by atoms with Gasteiger partial charge in [0, 0.05) is 4.90 Å². The summed E-state index contributed by atoms with van der Waals surface area (Å²) in [7, 11) is -3.82. The van der Waals surface area contributed by atoms with Crippen molar-refractivity contribution in [3.05, 3.63) is 47.5 Å². The third kappa shape index (κ3) is 4.90. The predicted octanol–water partition coefficient (Wildman–Crippen LogP) is 4.62. The Balaban J connectivity index is 2.25. The molecule has 0 aliphatic heterocycles. The van der Waals surface area contributed by atoms with Crippen molar-refractivity contribution in [3.63, 3.8) is 0 Å². The lowest BCUT2D eigenvalue weighted by Gasteiger charge is -2.27. The maximum absolute atomic E-state index is 12.7. The second kappa shape index (κ2) is 7.90. The van der Waals surface area contributed by atoms with Gasteiger partial charge >= 0.3 is 6.18 Å². The van der Waals surface area contributed by atoms with Gasteiger partial charge in [0.25, 0.3) is 0 Å². The van der Waals surface area contributed by atoms with Crippen LogP contribution in [-0.2, 0) is 9.84 Å². The molecule has 0 radical (unpaired) electrons. The highest BCUT2D eigenvalue weighted by molar-refractivity contribution is 7.98. The zero-order valence-corrected chi connectivity index (χ0v) is 16.7. The average Bonchev–Trinajstić information content (AvgIpc) is 2.59. The van der Waals surface area contributed by atoms with E-state index in [-0.39, 0.29) is 20.5 Å². The van der Waals surface area contributed by atoms with Crippen molar-refractivity contribution in [2.75, 3.05) is 18.1 Å². The van der Waals surface area contributed by atoms with Crippen LogP contribution in [0.15, 0.2) is 57.2 Å². The van der Waals surface area contributed by atoms with E-state index in [1.54, 1.807) is 12.1 Å². The van der Waals surface area contributed by atoms with Gasteiger partial charge in [-0.1, -0.05) is 11.6 Å². The topological polar surface area (TPSA) is 66.4 Å². The summed E-state index contributed by atoms with van der Waals surface area (Å²) in [5.74, 6) is 0. The molecule has 27 heavy (non-hydrogen) atoms. The minimum Gasteiger partial charge on any atom is -0.381 e. The fraction of sp³-hybridized carbons (Fsp3) is 0.294. The fourth-order valence-electron chi connectivity index (χ4n) is 2.06. The molecule has 148 valence electrons. The van der Waals surface area contributed by atoms with E-state index >= 15 is 0 Å². The molecule has 0 aliphatic carbocycles. The highest BCUT2D eigenvalue weighted by Crippen LogP contribution is 2.33. The Morgan fingerprint density at radius 3 is 2.15 bits per heavy atom. The molecule has 0 aromatic heterocycles. The zero-order chi connectivity index (χ0) is 20.5. The normalized spacial score (nSPS) is 14.6. The van der Waals surface area contributed by atoms with Crippen LogP contribution in [0.5, 0.6) is 0 Å². The fourth-order valence-corrected chi connectivity index (χ4v) is 4.07. The van der Waals surface area contributed by atoms with E-state index < -0.39 is 28.2 Å². The summed E-state index contributed by atoms with van der Waals surface area (Å²) in [4.78, 5) is 0.901. The summed E-state index contributed by atoms with van der Waals surface area (Å²) in [5.41, 5.74) is -2.88. The minimum absolute atomic E-state index is 0.0743. The maximum atomic E-state index is 12.7. The predicted molar refractivity (Wildman–Crippen MR) is 100 cm³/mol. The Labute approximate surface area is 164 Å². The molecule has 0 spiro atoms. The van der Waals surface area contributed by atoms with Gasteiger partial charge in [0.05, 0.1) is 27.0 Å². The molecular weight excluding hydrogens is 423 g/mol. The number of alkyl halides is 3. The molecule has 2 rings (SSSR count). The van der Waals surface area contributed by atoms with Crippen LogP contribution in [0.25, 0.3) is 0 Å². The summed E-state index contributed by atoms with van der Waals surface area (Å²) < 4.78 is 63.4. The van der Waals surface area contributed by atoms with Gasteiger partial charge in [0.1, 0.15) is 0 Å². The Kier molecular flexibility index (Phi) is 6.40. The molecule has 0 saturated carbocycles. The summed E-state index contributed by atoms with van der Waals surface area (Å²) >= 11 is 7.49. The number of hydrogen-bond acceptors (Lipinski definition) is 5. The van der Waals surface area contributed by atoms with E-state index in [0.717, 1.165) is 11.0 Å². The standard InChI is InChI=1S/C17H17ClF3NO3S2/c1-16(23,17(19,20)21)10-22-15-8-7-13(9-14(15)18)27(24,25)12-5-3-11(26-2)4-6-12/h3-9,22-23H,10H2,1-2H3/t16-/m1/s1. The van der Waals surface area contributed by atoms with E-state index in [1.165, 1.54) is 36.0 Å². The number of sulfone groups is 1. The molecule has 0 bridgehead atoms. The molecule has 0 heterocycles. The first-order valence-electron chi connectivity index (χ1n) is 7.60. The van der Waals surface area contributed by atoms with E-state index in [0.29, 0.717) is 6.92 Å². The van der Waals surface area contributed by atoms with Gasteiger partial charge in [-0.05, 0) is 55.6 Å². The van der Waals surface area contributed by atoms with Crippen LogP contribution >= 0.6 is 23.4 Å². The summed E-state index contributed by atoms with van der Waals surface area (Å²) in [6.07, 6.45) is -2.95. The largest absolute Gasteiger partial charge is 0.418 e. The molecule has 0 saturated heterocycles. The first-order chi connectivity index (χ1) is 12.4. The molecule has 4 nitrogen and oxygen atoms in total. The van der Waals surface area contributed by atoms with Crippen molar-refractivity contribution in [1.29, 1.82) is 0 Å². The number of thioether (sulfide) groups is 1. The smallest absolute Gasteiger partial charge is 0.381 e. The van der Waals surface area contributed by atoms with Gasteiger partial charge in [0.2, 0.25) is 9.84 Å². The monoisotopic (exact) mass is 439 g/mol. The van der Waals surface area contributed by atoms with Gasteiger partial charge in [-0.25, -0.2) is 8.42 Å². The molecule has 2 aromatic carbocycles. The Morgan fingerprint density at radius 1 is 1.11 bits per heavy atom. The summed E-state index contributed by atoms with van der Waals surface area (Å²) in [6.45, 7) is -0.205. The number of aliphatic hydroxyl groups is 1. The first-order valence-corrected chi connectivity index (χ1v) is 10.7. The zero-order valence-electron chi connectivity index (χ0n) is 14.3. The molecule has 0 amide bonds. The molecule has 2 aromatic rings. The molecule has 0 unspecified atom stereocenters. The highest BCUT2D eigenvalue weighted by atomic mass is 35.5. The Hall–Kier alpha value is -1.42. The lowest BCUT2D eigenvalue weighted by molar-refractivity contribution is -0.246. The van der Waals surface area contributed by atoms with Crippen molar-refractivity contribution < 1.29 is 26.7 Å². The SMILES string of the molecule is CSc1ccc(S(=O)(=O)c2ccc(NC[C@@](C)(O)C(F)(F)F)c(Cl)c2)cc1. The van der Waals surface area contributed by atoms with Crippen molar-refractivity contribution in [2.24, 2.45) is 0 Å². The second-order valence-electron chi connectivity index (χ2n) is 5.95.